The first-order chi connectivity index (χ1) is 46.7. The number of hydrogen-bond donors (Lipinski definition) is 18. The lowest BCUT2D eigenvalue weighted by Gasteiger charge is -2.32. The molecule has 0 aliphatic rings. The van der Waals surface area contributed by atoms with Gasteiger partial charge < -0.3 is 94.2 Å². The van der Waals surface area contributed by atoms with Gasteiger partial charge in [0.1, 0.15) is 0 Å². The topological polar surface area (TPSA) is 531 Å². The number of unbranched alkanes of at least 4 members (excludes halogenated alkanes) is 4. The van der Waals surface area contributed by atoms with Crippen LogP contribution in [0.4, 0.5) is 0 Å². The van der Waals surface area contributed by atoms with Crippen LogP contribution in [-0.2, 0) is 52.7 Å². The van der Waals surface area contributed by atoms with Gasteiger partial charge in [-0.3, -0.25) is 57.6 Å². The van der Waals surface area contributed by atoms with Crippen molar-refractivity contribution in [2.45, 2.75) is 207 Å². The Balaban J connectivity index is -0.000000623. The third-order valence-electron chi connectivity index (χ3n) is 14.8. The minimum atomic E-state index is -1.01. The second-order valence-electron chi connectivity index (χ2n) is 24.9. The van der Waals surface area contributed by atoms with Crippen LogP contribution in [0.25, 0.3) is 0 Å². The largest absolute Gasteiger partial charge is 0.481 e. The zero-order valence-corrected chi connectivity index (χ0v) is 63.2. The zero-order chi connectivity index (χ0) is 77.3. The molecule has 0 aliphatic heterocycles. The van der Waals surface area contributed by atoms with Crippen LogP contribution in [0.15, 0.2) is 20.6 Å². The molecule has 0 saturated carbocycles. The van der Waals surface area contributed by atoms with E-state index < -0.39 is 64.3 Å². The Hall–Kier alpha value is -6.90. The van der Waals surface area contributed by atoms with E-state index in [4.69, 9.17) is 41.2 Å². The van der Waals surface area contributed by atoms with E-state index in [-0.39, 0.29) is 124 Å². The Morgan fingerprint density at radius 1 is 0.400 bits per heavy atom. The Morgan fingerprint density at radius 2 is 0.820 bits per heavy atom. The van der Waals surface area contributed by atoms with Crippen LogP contribution in [0.3, 0.4) is 0 Å². The van der Waals surface area contributed by atoms with E-state index in [0.29, 0.717) is 69.0 Å². The molecule has 0 saturated heterocycles. The molecule has 0 fully saturated rings. The lowest BCUT2D eigenvalue weighted by atomic mass is 9.94. The second kappa shape index (κ2) is 58.7. The van der Waals surface area contributed by atoms with Crippen LogP contribution in [0.1, 0.15) is 179 Å². The highest BCUT2D eigenvalue weighted by atomic mass is 32.2. The van der Waals surface area contributed by atoms with Gasteiger partial charge in [0, 0.05) is 89.7 Å². The number of nitrogens with one attached hydrogen (secondary N) is 9. The first-order valence-corrected chi connectivity index (χ1v) is 36.6. The normalized spacial score (nSPS) is 12.4. The minimum Gasteiger partial charge on any atom is -0.481 e. The molecule has 1 atom stereocenters. The molecule has 37 heteroatoms. The number of nitrogens with zero attached hydrogens (tertiary/aromatic N) is 5. The Labute approximate surface area is 601 Å². The number of hydrogen-bond acceptors (Lipinski definition) is 27. The van der Waals surface area contributed by atoms with Crippen molar-refractivity contribution in [2.24, 2.45) is 20.6 Å². The summed E-state index contributed by atoms with van der Waals surface area (Å²) in [6.07, 6.45) is 9.85. The maximum Gasteiger partial charge on any atom is 0.303 e. The number of oxime groups is 4. The summed E-state index contributed by atoms with van der Waals surface area (Å²) >= 11 is 4.34. The lowest BCUT2D eigenvalue weighted by molar-refractivity contribution is -0.138. The maximum atomic E-state index is 12.3. The molecule has 34 nitrogen and oxygen atoms in total. The van der Waals surface area contributed by atoms with Crippen LogP contribution in [-0.4, -0.2) is 269 Å². The number of rotatable bonds is 53. The van der Waals surface area contributed by atoms with E-state index in [1.165, 1.54) is 6.92 Å². The third kappa shape index (κ3) is 58.9. The number of carboxylic acid groups (broad SMARTS) is 5. The molecule has 0 spiro atoms. The van der Waals surface area contributed by atoms with Crippen molar-refractivity contribution in [2.75, 3.05) is 102 Å². The SMILES string of the molecule is C/C(=N\O)C(C)(C)NCC(CNC(C)(C)/C(CCC(=O)O)=N/O)NC(=O)CCCC(=O)O.C/C(=N\O)C(C)(C)NCCCNC(C)(C)/C(CCC(=O)O)=N/O.CC(=O)SCC(=O)NCC(=O)NCC(=O)NCCCCCC(=O)O.CSCCNC(=O)CN(CCCCCC(=O)O)CCSC. The fourth-order valence-corrected chi connectivity index (χ4v) is 9.18. The molecule has 5 amide bonds. The van der Waals surface area contributed by atoms with Crippen molar-refractivity contribution >= 4 is 123 Å². The fraction of sp³-hybridized carbons (Fsp3) is 0.762. The van der Waals surface area contributed by atoms with Gasteiger partial charge in [0.05, 0.1) is 89.3 Å². The first kappa shape index (κ1) is 99.5. The van der Waals surface area contributed by atoms with Crippen molar-refractivity contribution in [3.8, 4) is 0 Å². The zero-order valence-electron chi connectivity index (χ0n) is 60.8. The minimum absolute atomic E-state index is 0.0503. The molecule has 0 radical (unpaired) electrons. The average Bonchev–Trinajstić information content (AvgIpc) is 0.872. The van der Waals surface area contributed by atoms with Gasteiger partial charge in [-0.25, -0.2) is 0 Å². The molecular weight excluding hydrogens is 1370 g/mol. The molecule has 578 valence electrons. The average molecular weight is 1490 g/mol. The van der Waals surface area contributed by atoms with Crippen LogP contribution in [0.2, 0.25) is 0 Å². The van der Waals surface area contributed by atoms with Gasteiger partial charge in [-0.2, -0.15) is 23.5 Å². The summed E-state index contributed by atoms with van der Waals surface area (Å²) in [4.78, 5) is 124. The van der Waals surface area contributed by atoms with E-state index in [9.17, 15) is 57.9 Å². The molecule has 100 heavy (non-hydrogen) atoms. The van der Waals surface area contributed by atoms with Crippen molar-refractivity contribution in [3.05, 3.63) is 0 Å². The number of aliphatic carboxylic acids is 5. The third-order valence-corrected chi connectivity index (χ3v) is 16.8. The van der Waals surface area contributed by atoms with Gasteiger partial charge in [0.2, 0.25) is 29.5 Å². The van der Waals surface area contributed by atoms with Crippen molar-refractivity contribution < 1.29 is 99.1 Å². The summed E-state index contributed by atoms with van der Waals surface area (Å²) in [5, 5.41) is 118. The lowest BCUT2D eigenvalue weighted by Crippen LogP contribution is -2.58. The molecule has 18 N–H and O–H groups in total. The molecule has 0 aliphatic carbocycles. The summed E-state index contributed by atoms with van der Waals surface area (Å²) < 4.78 is 0. The van der Waals surface area contributed by atoms with Crippen molar-refractivity contribution in [1.29, 1.82) is 0 Å². The van der Waals surface area contributed by atoms with Crippen LogP contribution in [0, 0.1) is 0 Å². The van der Waals surface area contributed by atoms with Crippen molar-refractivity contribution in [1.82, 2.24) is 52.8 Å². The monoisotopic (exact) mass is 1490 g/mol. The molecular formula is C63H118N14O20S3. The summed E-state index contributed by atoms with van der Waals surface area (Å²) in [6.45, 7) is 24.2. The van der Waals surface area contributed by atoms with Gasteiger partial charge in [0.15, 0.2) is 5.12 Å². The quantitative estimate of drug-likeness (QED) is 0.0179. The van der Waals surface area contributed by atoms with Crippen LogP contribution >= 0.6 is 35.3 Å². The molecule has 0 aromatic heterocycles. The van der Waals surface area contributed by atoms with E-state index in [0.717, 1.165) is 62.2 Å². The van der Waals surface area contributed by atoms with E-state index in [2.05, 4.69) is 79.6 Å². The Kier molecular flexibility index (Phi) is 58.4. The smallest absolute Gasteiger partial charge is 0.303 e. The summed E-state index contributed by atoms with van der Waals surface area (Å²) in [5.74, 6) is -4.13. The van der Waals surface area contributed by atoms with Gasteiger partial charge in [-0.05, 0) is 140 Å². The predicted octanol–water partition coefficient (Wildman–Crippen LogP) is 3.70. The highest BCUT2D eigenvalue weighted by Crippen LogP contribution is 2.14. The Bertz CT molecular complexity index is 2580. The molecule has 0 bridgehead atoms. The molecule has 0 aromatic rings. The standard InChI is InChI=1S/C20H37N5O7.C15H30N4O4.C14H23N3O6S.C14H28N2O3S2/c1-13(24-31)19(2,3)21-11-14(23-16(26)7-6-8-17(27)28)12-22-20(4,5)15(25-32)9-10-18(29)30;1-11(18-22)14(2,3)16-9-6-10-17-15(4,5)12(19-23)7-8-13(20)21;1-10(18)24-9-13(21)17-8-12(20)16-7-11(19)15-6-4-2-3-5-14(22)23;1-20-10-7-15-13(17)12-16(9-11-21-2)8-5-3-4-6-14(18)19/h14,21-22,31-32H,6-12H2,1-5H3,(H,23,26)(H,27,28)(H,29,30);16-17,22-23H,6-10H2,1-5H3,(H,20,21);2-9H2,1H3,(H,15,19)(H,16,20)(H,17,21)(H,22,23);3-12H2,1-2H3,(H,15,17)(H,18,19)/b24-13+,25-15+;18-11+,19-12+;;. The molecule has 0 aromatic carbocycles. The maximum absolute atomic E-state index is 12.3. The summed E-state index contributed by atoms with van der Waals surface area (Å²) in [5.41, 5.74) is -0.759. The van der Waals surface area contributed by atoms with Crippen molar-refractivity contribution in [3.63, 3.8) is 0 Å². The highest BCUT2D eigenvalue weighted by molar-refractivity contribution is 8.14. The number of carbonyl (C=O) groups is 11. The van der Waals surface area contributed by atoms with Gasteiger partial charge in [-0.1, -0.05) is 45.2 Å². The van der Waals surface area contributed by atoms with Gasteiger partial charge in [-0.15, -0.1) is 0 Å². The van der Waals surface area contributed by atoms with E-state index in [1.807, 2.05) is 47.8 Å². The highest BCUT2D eigenvalue weighted by Gasteiger charge is 2.30. The number of thioether (sulfide) groups is 3. The predicted molar refractivity (Wildman–Crippen MR) is 389 cm³/mol. The summed E-state index contributed by atoms with van der Waals surface area (Å²) in [7, 11) is 0. The molecule has 0 rings (SSSR count). The van der Waals surface area contributed by atoms with Gasteiger partial charge >= 0.3 is 29.8 Å². The molecule has 0 heterocycles. The first-order valence-electron chi connectivity index (χ1n) is 32.8. The number of carboxylic acids is 5. The van der Waals surface area contributed by atoms with Gasteiger partial charge in [0.25, 0.3) is 0 Å². The second-order valence-corrected chi connectivity index (χ2v) is 28.1. The Morgan fingerprint density at radius 3 is 1.28 bits per heavy atom. The van der Waals surface area contributed by atoms with E-state index in [1.54, 1.807) is 51.2 Å². The number of carbonyl (C=O) groups excluding carboxylic acids is 6. The molecule has 1 unspecified atom stereocenters. The van der Waals surface area contributed by atoms with Crippen LogP contribution in [0.5, 0.6) is 0 Å². The number of amides is 5. The van der Waals surface area contributed by atoms with Crippen LogP contribution < -0.4 is 47.9 Å². The summed E-state index contributed by atoms with van der Waals surface area (Å²) in [6, 6.07) is -0.447. The fourth-order valence-electron chi connectivity index (χ4n) is 7.99. The van der Waals surface area contributed by atoms with E-state index >= 15 is 0 Å².